The summed E-state index contributed by atoms with van der Waals surface area (Å²) in [6, 6.07) is 3.59. The van der Waals surface area contributed by atoms with E-state index in [0.717, 1.165) is 5.39 Å². The van der Waals surface area contributed by atoms with Gasteiger partial charge in [-0.1, -0.05) is 16.8 Å². The molecule has 0 radical (unpaired) electrons. The van der Waals surface area contributed by atoms with Crippen LogP contribution < -0.4 is 0 Å². The lowest BCUT2D eigenvalue weighted by molar-refractivity contribution is 0.449. The van der Waals surface area contributed by atoms with Crippen molar-refractivity contribution in [2.45, 2.75) is 0 Å². The maximum atomic E-state index is 5.63. The van der Waals surface area contributed by atoms with Crippen LogP contribution in [0.5, 0.6) is 0 Å². The molecule has 0 aliphatic rings. The molecule has 0 aliphatic carbocycles. The molecule has 10 heavy (non-hydrogen) atoms. The maximum absolute atomic E-state index is 5.63. The molecule has 0 atom stereocenters. The highest BCUT2D eigenvalue weighted by molar-refractivity contribution is 6.33. The first-order valence-corrected chi connectivity index (χ1v) is 3.11. The van der Waals surface area contributed by atoms with E-state index in [2.05, 4.69) is 10.1 Å². The van der Waals surface area contributed by atoms with Crippen LogP contribution in [0.4, 0.5) is 0 Å². The second kappa shape index (κ2) is 1.95. The summed E-state index contributed by atoms with van der Waals surface area (Å²) in [4.78, 5) is 3.89. The van der Waals surface area contributed by atoms with E-state index in [1.165, 1.54) is 0 Å². The molecule has 0 unspecified atom stereocenters. The summed E-state index contributed by atoms with van der Waals surface area (Å²) < 4.78 is 4.76. The van der Waals surface area contributed by atoms with Gasteiger partial charge < -0.3 is 4.52 Å². The second-order valence-electron chi connectivity index (χ2n) is 1.83. The summed E-state index contributed by atoms with van der Waals surface area (Å²) in [5.74, 6) is 0. The lowest BCUT2D eigenvalue weighted by atomic mass is 10.4. The summed E-state index contributed by atoms with van der Waals surface area (Å²) in [6.45, 7) is 0. The number of hydrogen-bond acceptors (Lipinski definition) is 3. The first kappa shape index (κ1) is 5.68. The molecule has 0 saturated carbocycles. The third kappa shape index (κ3) is 0.675. The van der Waals surface area contributed by atoms with Gasteiger partial charge in [0.1, 0.15) is 0 Å². The van der Waals surface area contributed by atoms with Crippen LogP contribution in [0.2, 0.25) is 5.15 Å². The fourth-order valence-corrected chi connectivity index (χ4v) is 0.931. The molecule has 2 aromatic rings. The quantitative estimate of drug-likeness (QED) is 0.582. The van der Waals surface area contributed by atoms with Crippen molar-refractivity contribution in [3.63, 3.8) is 0 Å². The van der Waals surface area contributed by atoms with Crippen LogP contribution in [-0.4, -0.2) is 10.1 Å². The number of pyridine rings is 1. The van der Waals surface area contributed by atoms with E-state index in [4.69, 9.17) is 16.1 Å². The molecule has 0 amide bonds. The topological polar surface area (TPSA) is 38.9 Å². The molecule has 3 nitrogen and oxygen atoms in total. The largest absolute Gasteiger partial charge is 0.334 e. The monoisotopic (exact) mass is 154 g/mol. The van der Waals surface area contributed by atoms with Crippen LogP contribution in [-0.2, 0) is 0 Å². The normalized spacial score (nSPS) is 10.5. The minimum atomic E-state index is 0.364. The molecule has 0 saturated heterocycles. The third-order valence-electron chi connectivity index (χ3n) is 1.21. The van der Waals surface area contributed by atoms with Crippen LogP contribution >= 0.6 is 11.6 Å². The zero-order valence-electron chi connectivity index (χ0n) is 4.91. The Kier molecular flexibility index (Phi) is 1.11. The molecule has 0 aliphatic heterocycles. The molecule has 0 bridgehead atoms. The highest BCUT2D eigenvalue weighted by atomic mass is 35.5. The van der Waals surface area contributed by atoms with Gasteiger partial charge in [-0.3, -0.25) is 0 Å². The fourth-order valence-electron chi connectivity index (χ4n) is 0.753. The van der Waals surface area contributed by atoms with Gasteiger partial charge in [-0.25, -0.2) is 4.98 Å². The van der Waals surface area contributed by atoms with Gasteiger partial charge >= 0.3 is 0 Å². The van der Waals surface area contributed by atoms with E-state index in [1.807, 2.05) is 0 Å². The minimum absolute atomic E-state index is 0.364. The molecular weight excluding hydrogens is 152 g/mol. The van der Waals surface area contributed by atoms with Gasteiger partial charge in [0, 0.05) is 6.20 Å². The highest BCUT2D eigenvalue weighted by Crippen LogP contribution is 2.19. The molecule has 0 N–H and O–H groups in total. The predicted molar refractivity (Wildman–Crippen MR) is 36.8 cm³/mol. The minimum Gasteiger partial charge on any atom is -0.334 e. The molecular formula is C6H3ClN2O. The smallest absolute Gasteiger partial charge is 0.259 e. The Morgan fingerprint density at radius 2 is 2.40 bits per heavy atom. The number of hydrogen-bond donors (Lipinski definition) is 0. The Hall–Kier alpha value is -1.09. The molecule has 0 spiro atoms. The van der Waals surface area contributed by atoms with Crippen molar-refractivity contribution < 1.29 is 4.52 Å². The standard InChI is InChI=1S/C6H3ClN2O/c7-5-4-2-1-3-8-6(4)10-9-5/h1-3H. The van der Waals surface area contributed by atoms with Crippen molar-refractivity contribution in [2.24, 2.45) is 0 Å². The van der Waals surface area contributed by atoms with Gasteiger partial charge in [0.05, 0.1) is 5.39 Å². The van der Waals surface area contributed by atoms with Crippen molar-refractivity contribution in [1.82, 2.24) is 10.1 Å². The summed E-state index contributed by atoms with van der Waals surface area (Å²) in [5.41, 5.74) is 0.479. The lowest BCUT2D eigenvalue weighted by Crippen LogP contribution is -1.68. The first-order valence-electron chi connectivity index (χ1n) is 2.74. The fraction of sp³-hybridized carbons (Fsp3) is 0. The van der Waals surface area contributed by atoms with Crippen LogP contribution in [0.3, 0.4) is 0 Å². The van der Waals surface area contributed by atoms with Crippen molar-refractivity contribution in [2.75, 3.05) is 0 Å². The predicted octanol–water partition coefficient (Wildman–Crippen LogP) is 1.88. The van der Waals surface area contributed by atoms with E-state index < -0.39 is 0 Å². The zero-order chi connectivity index (χ0) is 6.97. The average molecular weight is 155 g/mol. The Morgan fingerprint density at radius 1 is 1.50 bits per heavy atom. The number of nitrogens with zero attached hydrogens (tertiary/aromatic N) is 2. The van der Waals surface area contributed by atoms with Crippen molar-refractivity contribution >= 4 is 22.7 Å². The van der Waals surface area contributed by atoms with Gasteiger partial charge in [-0.2, -0.15) is 0 Å². The molecule has 2 aromatic heterocycles. The van der Waals surface area contributed by atoms with Gasteiger partial charge in [-0.15, -0.1) is 0 Å². The SMILES string of the molecule is Clc1noc2ncccc12. The number of halogens is 1. The molecule has 2 rings (SSSR count). The summed E-state index contributed by atoms with van der Waals surface area (Å²) in [5, 5.41) is 4.64. The Bertz CT molecular complexity index is 357. The first-order chi connectivity index (χ1) is 4.88. The molecule has 0 aromatic carbocycles. The summed E-state index contributed by atoms with van der Waals surface area (Å²) >= 11 is 5.63. The third-order valence-corrected chi connectivity index (χ3v) is 1.48. The highest BCUT2D eigenvalue weighted by Gasteiger charge is 2.03. The Labute approximate surface area is 61.6 Å². The van der Waals surface area contributed by atoms with E-state index >= 15 is 0 Å². The second-order valence-corrected chi connectivity index (χ2v) is 2.19. The van der Waals surface area contributed by atoms with E-state index in [-0.39, 0.29) is 0 Å². The van der Waals surface area contributed by atoms with Gasteiger partial charge in [0.25, 0.3) is 5.71 Å². The van der Waals surface area contributed by atoms with Gasteiger partial charge in [0.15, 0.2) is 5.15 Å². The Morgan fingerprint density at radius 3 is 3.20 bits per heavy atom. The van der Waals surface area contributed by atoms with Crippen LogP contribution in [0.1, 0.15) is 0 Å². The summed E-state index contributed by atoms with van der Waals surface area (Å²) in [7, 11) is 0. The van der Waals surface area contributed by atoms with E-state index in [9.17, 15) is 0 Å². The van der Waals surface area contributed by atoms with Crippen LogP contribution in [0, 0.1) is 0 Å². The molecule has 4 heteroatoms. The van der Waals surface area contributed by atoms with Gasteiger partial charge in [-0.05, 0) is 12.1 Å². The van der Waals surface area contributed by atoms with Crippen molar-refractivity contribution in [3.8, 4) is 0 Å². The van der Waals surface area contributed by atoms with Crippen LogP contribution in [0.25, 0.3) is 11.1 Å². The van der Waals surface area contributed by atoms with Gasteiger partial charge in [0.2, 0.25) is 0 Å². The molecule has 50 valence electrons. The van der Waals surface area contributed by atoms with Crippen LogP contribution in [0.15, 0.2) is 22.9 Å². The Balaban J connectivity index is 2.93. The number of aromatic nitrogens is 2. The number of fused-ring (bicyclic) bond motifs is 1. The van der Waals surface area contributed by atoms with E-state index in [0.29, 0.717) is 10.9 Å². The van der Waals surface area contributed by atoms with Crippen molar-refractivity contribution in [3.05, 3.63) is 23.5 Å². The average Bonchev–Trinajstić information content (AvgIpc) is 2.34. The molecule has 2 heterocycles. The zero-order valence-corrected chi connectivity index (χ0v) is 5.67. The molecule has 0 fully saturated rings. The number of rotatable bonds is 0. The van der Waals surface area contributed by atoms with Crippen molar-refractivity contribution in [1.29, 1.82) is 0 Å². The van der Waals surface area contributed by atoms with E-state index in [1.54, 1.807) is 18.3 Å². The maximum Gasteiger partial charge on any atom is 0.259 e. The summed E-state index contributed by atoms with van der Waals surface area (Å²) in [6.07, 6.45) is 1.63. The lowest BCUT2D eigenvalue weighted by Gasteiger charge is -1.80.